The van der Waals surface area contributed by atoms with E-state index in [1.54, 1.807) is 0 Å². The maximum atomic E-state index is 8.74. The van der Waals surface area contributed by atoms with Crippen molar-refractivity contribution in [1.29, 1.82) is 0 Å². The normalized spacial score (nSPS) is 4.00. The van der Waals surface area contributed by atoms with Crippen molar-refractivity contribution in [2.75, 3.05) is 0 Å². The van der Waals surface area contributed by atoms with Crippen molar-refractivity contribution in [3.63, 3.8) is 0 Å². The van der Waals surface area contributed by atoms with E-state index in [0.29, 0.717) is 0 Å². The maximum Gasteiger partial charge on any atom is 0.761 e. The van der Waals surface area contributed by atoms with Crippen LogP contribution in [-0.2, 0) is 23.9 Å². The van der Waals surface area contributed by atoms with Crippen molar-refractivity contribution >= 4 is 17.6 Å². The van der Waals surface area contributed by atoms with Crippen molar-refractivity contribution in [3.05, 3.63) is 0 Å². The predicted octanol–water partition coefficient (Wildman–Crippen LogP) is -2.00. The van der Waals surface area contributed by atoms with Crippen molar-refractivity contribution < 1.29 is 33.5 Å². The van der Waals surface area contributed by atoms with Gasteiger partial charge in [0.15, 0.2) is 0 Å². The van der Waals surface area contributed by atoms with E-state index in [9.17, 15) is 0 Å². The molecular formula is H2BO3SiZn. The molecule has 3 radical (unpaired) electrons. The maximum absolute atomic E-state index is 8.74. The third-order valence-electron chi connectivity index (χ3n) is 0. The van der Waals surface area contributed by atoms with E-state index >= 15 is 0 Å². The molecule has 29 valence electrons. The van der Waals surface area contributed by atoms with Gasteiger partial charge in [0.05, 0.1) is 0 Å². The van der Waals surface area contributed by atoms with Crippen LogP contribution in [0.15, 0.2) is 0 Å². The molecule has 0 bridgehead atoms. The van der Waals surface area contributed by atoms with Gasteiger partial charge in [0.1, 0.15) is 0 Å². The summed E-state index contributed by atoms with van der Waals surface area (Å²) < 4.78 is 8.74. The first-order valence-corrected chi connectivity index (χ1v) is 1.95. The van der Waals surface area contributed by atoms with Gasteiger partial charge in [0.2, 0.25) is 0 Å². The third kappa shape index (κ3) is 505. The molecule has 0 aromatic carbocycles. The van der Waals surface area contributed by atoms with Gasteiger partial charge in [-0.3, -0.25) is 4.46 Å². The fourth-order valence-corrected chi connectivity index (χ4v) is 0. The number of hydrogen-bond acceptors (Lipinski definition) is 1. The summed E-state index contributed by atoms with van der Waals surface area (Å²) in [6.07, 6.45) is 0. The zero-order valence-corrected chi connectivity index (χ0v) is 7.05. The molecule has 3 nitrogen and oxygen atoms in total. The molecule has 0 heterocycles. The average Bonchev–Trinajstić information content (AvgIpc) is 0.811. The second-order valence-electron chi connectivity index (χ2n) is 0.283. The van der Waals surface area contributed by atoms with Crippen LogP contribution >= 0.6 is 0 Å². The van der Waals surface area contributed by atoms with Crippen LogP contribution < -0.4 is 0 Å². The quantitative estimate of drug-likeness (QED) is 0.397. The number of hydrogen-bond donors (Lipinski definition) is 2. The topological polar surface area (TPSA) is 57.5 Å². The zero-order valence-electron chi connectivity index (χ0n) is 3.09. The molecule has 0 aromatic rings. The van der Waals surface area contributed by atoms with Crippen LogP contribution in [0.2, 0.25) is 0 Å². The summed E-state index contributed by atoms with van der Waals surface area (Å²) in [5, 5.41) is 0. The summed E-state index contributed by atoms with van der Waals surface area (Å²) in [5.74, 6) is 0. The Morgan fingerprint density at radius 2 is 1.33 bits per heavy atom. The summed E-state index contributed by atoms with van der Waals surface area (Å²) in [4.78, 5) is 14.3. The molecule has 0 unspecified atom stereocenters. The van der Waals surface area contributed by atoms with E-state index < -0.39 is 9.17 Å². The Kier molecular flexibility index (Phi) is 24.4. The van der Waals surface area contributed by atoms with Crippen molar-refractivity contribution in [2.45, 2.75) is 0 Å². The van der Waals surface area contributed by atoms with Gasteiger partial charge < -0.3 is 9.59 Å². The molecule has 0 saturated heterocycles. The van der Waals surface area contributed by atoms with E-state index in [0.717, 1.165) is 0 Å². The Hall–Kier alpha value is 0.305. The molecule has 6 heavy (non-hydrogen) atoms. The molecule has 0 saturated carbocycles. The van der Waals surface area contributed by atoms with E-state index in [1.165, 1.54) is 0 Å². The van der Waals surface area contributed by atoms with Crippen LogP contribution in [0.1, 0.15) is 0 Å². The summed E-state index contributed by atoms with van der Waals surface area (Å²) >= 11 is 0. The minimum atomic E-state index is -3.13. The van der Waals surface area contributed by atoms with Crippen molar-refractivity contribution in [3.8, 4) is 0 Å². The van der Waals surface area contributed by atoms with Crippen molar-refractivity contribution in [1.82, 2.24) is 0 Å². The minimum Gasteiger partial charge on any atom is -0.511 e. The van der Waals surface area contributed by atoms with Gasteiger partial charge in [-0.1, -0.05) is 0 Å². The molecular weight excluding hydrogens is 152 g/mol. The van der Waals surface area contributed by atoms with Crippen LogP contribution in [0.4, 0.5) is 0 Å². The Bertz CT molecular complexity index is 33.8. The van der Waals surface area contributed by atoms with Crippen LogP contribution in [0.3, 0.4) is 0 Å². The fourth-order valence-electron chi connectivity index (χ4n) is 0. The van der Waals surface area contributed by atoms with Crippen LogP contribution in [0.25, 0.3) is 0 Å². The zero-order chi connectivity index (χ0) is 3.58. The smallest absolute Gasteiger partial charge is 0.511 e. The van der Waals surface area contributed by atoms with Gasteiger partial charge >= 0.3 is 9.17 Å². The van der Waals surface area contributed by atoms with E-state index in [-0.39, 0.29) is 27.9 Å². The van der Waals surface area contributed by atoms with Crippen LogP contribution in [-0.4, -0.2) is 27.2 Å². The van der Waals surface area contributed by atoms with Gasteiger partial charge in [-0.2, -0.15) is 0 Å². The standard InChI is InChI=1S/B.H2O3Si.Zn/c;1-4(2)3;/h;1-2H;. The van der Waals surface area contributed by atoms with Crippen LogP contribution in [0, 0.1) is 0 Å². The summed E-state index contributed by atoms with van der Waals surface area (Å²) in [7, 11) is -3.13. The van der Waals surface area contributed by atoms with E-state index in [4.69, 9.17) is 14.1 Å². The Morgan fingerprint density at radius 3 is 1.33 bits per heavy atom. The molecule has 0 rings (SSSR count). The molecule has 0 spiro atoms. The molecule has 0 aliphatic heterocycles. The monoisotopic (exact) mass is 153 g/mol. The summed E-state index contributed by atoms with van der Waals surface area (Å²) in [5.41, 5.74) is 0. The molecule has 0 amide bonds. The summed E-state index contributed by atoms with van der Waals surface area (Å²) in [6, 6.07) is 0. The largest absolute Gasteiger partial charge is 0.761 e. The van der Waals surface area contributed by atoms with E-state index in [1.807, 2.05) is 0 Å². The molecule has 0 aliphatic rings. The average molecular weight is 154 g/mol. The first-order chi connectivity index (χ1) is 1.73. The molecule has 0 atom stereocenters. The third-order valence-corrected chi connectivity index (χ3v) is 0. The van der Waals surface area contributed by atoms with Crippen molar-refractivity contribution in [2.24, 2.45) is 0 Å². The predicted molar refractivity (Wildman–Crippen MR) is 16.6 cm³/mol. The first kappa shape index (κ1) is 16.2. The van der Waals surface area contributed by atoms with Gasteiger partial charge in [-0.25, -0.2) is 0 Å². The molecule has 0 aromatic heterocycles. The Morgan fingerprint density at radius 1 is 1.33 bits per heavy atom. The summed E-state index contributed by atoms with van der Waals surface area (Å²) in [6.45, 7) is 0. The SMILES string of the molecule is O=[Si](O)O.[B].[Zn]. The molecule has 0 aliphatic carbocycles. The van der Waals surface area contributed by atoms with Gasteiger partial charge in [0.25, 0.3) is 0 Å². The van der Waals surface area contributed by atoms with Crippen LogP contribution in [0.5, 0.6) is 0 Å². The van der Waals surface area contributed by atoms with Gasteiger partial charge in [-0.15, -0.1) is 0 Å². The molecule has 6 heteroatoms. The first-order valence-electron chi connectivity index (χ1n) is 0.651. The second-order valence-corrected chi connectivity index (χ2v) is 0.848. The van der Waals surface area contributed by atoms with Gasteiger partial charge in [-0.05, 0) is 0 Å². The fraction of sp³-hybridized carbons (Fsp3) is 0. The van der Waals surface area contributed by atoms with Gasteiger partial charge in [0, 0.05) is 27.9 Å². The minimum absolute atomic E-state index is 0. The molecule has 2 N–H and O–H groups in total. The van der Waals surface area contributed by atoms with E-state index in [2.05, 4.69) is 0 Å². The Balaban J connectivity index is -0.0000000450. The Labute approximate surface area is 51.6 Å². The number of rotatable bonds is 0. The second kappa shape index (κ2) is 9.00. The molecule has 0 fully saturated rings.